The summed E-state index contributed by atoms with van der Waals surface area (Å²) >= 11 is 2.41. The number of fused-ring (bicyclic) bond motifs is 3. The lowest BCUT2D eigenvalue weighted by Crippen LogP contribution is -2.15. The van der Waals surface area contributed by atoms with Crippen LogP contribution in [-0.2, 0) is 5.41 Å². The Morgan fingerprint density at radius 1 is 0.889 bits per heavy atom. The first-order valence-corrected chi connectivity index (χ1v) is 10.4. The molecule has 0 saturated heterocycles. The van der Waals surface area contributed by atoms with E-state index in [9.17, 15) is 0 Å². The van der Waals surface area contributed by atoms with Crippen LogP contribution >= 0.6 is 22.6 Å². The van der Waals surface area contributed by atoms with Crippen LogP contribution < -0.4 is 0 Å². The second kappa shape index (κ2) is 7.12. The van der Waals surface area contributed by atoms with Crippen LogP contribution in [0.5, 0.6) is 0 Å². The summed E-state index contributed by atoms with van der Waals surface area (Å²) in [6, 6.07) is 13.7. The minimum atomic E-state index is 0.0156. The van der Waals surface area contributed by atoms with Crippen LogP contribution in [0.4, 0.5) is 0 Å². The summed E-state index contributed by atoms with van der Waals surface area (Å²) in [5.74, 6) is 0. The van der Waals surface area contributed by atoms with E-state index in [0.29, 0.717) is 0 Å². The maximum absolute atomic E-state index is 4.18. The van der Waals surface area contributed by atoms with Crippen LogP contribution in [0.25, 0.3) is 16.7 Å². The van der Waals surface area contributed by atoms with Gasteiger partial charge in [0, 0.05) is 8.99 Å². The number of hydrogen-bond donors (Lipinski definition) is 0. The highest BCUT2D eigenvalue weighted by Gasteiger charge is 2.35. The summed E-state index contributed by atoms with van der Waals surface area (Å²) in [6.45, 7) is 8.84. The smallest absolute Gasteiger partial charge is 0.0159 e. The molecule has 0 fully saturated rings. The molecule has 0 bridgehead atoms. The maximum atomic E-state index is 4.18. The third-order valence-electron chi connectivity index (χ3n) is 5.44. The number of allylic oxidation sites excluding steroid dienone is 9. The highest BCUT2D eigenvalue weighted by atomic mass is 127. The van der Waals surface area contributed by atoms with Crippen molar-refractivity contribution >= 4 is 28.2 Å². The minimum absolute atomic E-state index is 0.0156. The van der Waals surface area contributed by atoms with Gasteiger partial charge in [-0.3, -0.25) is 0 Å². The van der Waals surface area contributed by atoms with Gasteiger partial charge >= 0.3 is 0 Å². The molecule has 0 amide bonds. The SMILES string of the molecule is C=C1/C=C\C=C/C/C=C\C(c2ccc3c(c2)C(C)(C)c2cc(I)ccc2-3)=C/1. The summed E-state index contributed by atoms with van der Waals surface area (Å²) in [5, 5.41) is 0. The average Bonchev–Trinajstić information content (AvgIpc) is 2.87. The quantitative estimate of drug-likeness (QED) is 0.383. The molecule has 0 N–H and O–H groups in total. The Bertz CT molecular complexity index is 1040. The van der Waals surface area contributed by atoms with Crippen LogP contribution in [-0.4, -0.2) is 0 Å². The molecule has 1 heteroatoms. The Morgan fingerprint density at radius 2 is 1.63 bits per heavy atom. The summed E-state index contributed by atoms with van der Waals surface area (Å²) in [4.78, 5) is 0. The van der Waals surface area contributed by atoms with Crippen LogP contribution in [0.3, 0.4) is 0 Å². The molecule has 2 aromatic carbocycles. The second-order valence-corrected chi connectivity index (χ2v) is 8.92. The molecule has 0 spiro atoms. The van der Waals surface area contributed by atoms with Gasteiger partial charge in [0.25, 0.3) is 0 Å². The summed E-state index contributed by atoms with van der Waals surface area (Å²) < 4.78 is 1.29. The van der Waals surface area contributed by atoms with Crippen molar-refractivity contribution < 1.29 is 0 Å². The van der Waals surface area contributed by atoms with E-state index in [1.165, 1.54) is 37.0 Å². The molecule has 0 unspecified atom stereocenters. The Balaban J connectivity index is 1.82. The van der Waals surface area contributed by atoms with E-state index in [1.807, 2.05) is 0 Å². The Kier molecular flexibility index (Phi) is 4.81. The van der Waals surface area contributed by atoms with Gasteiger partial charge in [0.1, 0.15) is 0 Å². The third-order valence-corrected chi connectivity index (χ3v) is 6.11. The van der Waals surface area contributed by atoms with Gasteiger partial charge < -0.3 is 0 Å². The molecule has 4 rings (SSSR count). The van der Waals surface area contributed by atoms with Gasteiger partial charge in [0.15, 0.2) is 0 Å². The predicted molar refractivity (Wildman–Crippen MR) is 126 cm³/mol. The normalized spacial score (nSPS) is 22.9. The van der Waals surface area contributed by atoms with Crippen molar-refractivity contribution in [3.63, 3.8) is 0 Å². The molecule has 0 aromatic heterocycles. The van der Waals surface area contributed by atoms with Crippen LogP contribution in [0, 0.1) is 3.57 Å². The minimum Gasteiger partial charge on any atom is -0.0917 e. The zero-order chi connectivity index (χ0) is 19.0. The first-order valence-electron chi connectivity index (χ1n) is 9.32. The van der Waals surface area contributed by atoms with Crippen molar-refractivity contribution in [2.45, 2.75) is 25.7 Å². The third kappa shape index (κ3) is 3.41. The largest absolute Gasteiger partial charge is 0.0917 e. The van der Waals surface area contributed by atoms with Gasteiger partial charge in [-0.05, 0) is 92.3 Å². The number of rotatable bonds is 1. The molecule has 2 aliphatic rings. The van der Waals surface area contributed by atoms with Crippen molar-refractivity contribution in [1.82, 2.24) is 0 Å². The molecule has 2 aromatic rings. The van der Waals surface area contributed by atoms with Crippen molar-refractivity contribution in [2.24, 2.45) is 0 Å². The number of hydrogen-bond acceptors (Lipinski definition) is 0. The number of halogens is 1. The molecular weight excluding hydrogens is 439 g/mol. The molecule has 2 aliphatic carbocycles. The predicted octanol–water partition coefficient (Wildman–Crippen LogP) is 7.61. The van der Waals surface area contributed by atoms with E-state index in [2.05, 4.69) is 122 Å². The van der Waals surface area contributed by atoms with E-state index in [-0.39, 0.29) is 5.41 Å². The standard InChI is InChI=1S/C26H23I/c1-18-9-7-5-4-6-8-10-19(15-18)20-11-13-22-23-14-12-21(27)17-25(23)26(2,3)24(22)16-20/h4-5,7-17H,1,6H2,2-3H3/b5-4-,9-7-,10-8-,19-15+. The average molecular weight is 462 g/mol. The molecule has 0 heterocycles. The van der Waals surface area contributed by atoms with E-state index in [0.717, 1.165) is 12.0 Å². The van der Waals surface area contributed by atoms with Gasteiger partial charge in [-0.1, -0.05) is 75.1 Å². The van der Waals surface area contributed by atoms with Crippen LogP contribution in [0.2, 0.25) is 0 Å². The Morgan fingerprint density at radius 3 is 2.44 bits per heavy atom. The molecule has 0 radical (unpaired) electrons. The lowest BCUT2D eigenvalue weighted by Gasteiger charge is -2.22. The molecule has 0 atom stereocenters. The summed E-state index contributed by atoms with van der Waals surface area (Å²) in [5.41, 5.74) is 9.06. The number of benzene rings is 2. The first-order chi connectivity index (χ1) is 13.0. The van der Waals surface area contributed by atoms with Crippen LogP contribution in [0.15, 0.2) is 91.1 Å². The van der Waals surface area contributed by atoms with Gasteiger partial charge in [0.2, 0.25) is 0 Å². The van der Waals surface area contributed by atoms with E-state index < -0.39 is 0 Å². The summed E-state index contributed by atoms with van der Waals surface area (Å²) in [7, 11) is 0. The molecular formula is C26H23I. The molecule has 0 nitrogen and oxygen atoms in total. The second-order valence-electron chi connectivity index (χ2n) is 7.68. The molecule has 27 heavy (non-hydrogen) atoms. The van der Waals surface area contributed by atoms with Gasteiger partial charge in [-0.2, -0.15) is 0 Å². The fraction of sp³-hybridized carbons (Fsp3) is 0.154. The van der Waals surface area contributed by atoms with Gasteiger partial charge in [-0.15, -0.1) is 0 Å². The van der Waals surface area contributed by atoms with E-state index in [1.54, 1.807) is 0 Å². The highest BCUT2D eigenvalue weighted by Crippen LogP contribution is 2.49. The lowest BCUT2D eigenvalue weighted by atomic mass is 9.81. The monoisotopic (exact) mass is 462 g/mol. The van der Waals surface area contributed by atoms with Crippen molar-refractivity contribution in [3.05, 3.63) is 111 Å². The van der Waals surface area contributed by atoms with Crippen molar-refractivity contribution in [1.29, 1.82) is 0 Å². The lowest BCUT2D eigenvalue weighted by molar-refractivity contribution is 0.659. The van der Waals surface area contributed by atoms with Gasteiger partial charge in [0.05, 0.1) is 0 Å². The summed E-state index contributed by atoms with van der Waals surface area (Å²) in [6.07, 6.45) is 15.9. The zero-order valence-corrected chi connectivity index (χ0v) is 18.0. The fourth-order valence-corrected chi connectivity index (χ4v) is 4.47. The fourth-order valence-electron chi connectivity index (χ4n) is 3.97. The first kappa shape index (κ1) is 18.2. The Labute approximate surface area is 175 Å². The van der Waals surface area contributed by atoms with Gasteiger partial charge in [-0.25, -0.2) is 0 Å². The topological polar surface area (TPSA) is 0 Å². The molecule has 134 valence electrons. The maximum Gasteiger partial charge on any atom is 0.0159 e. The van der Waals surface area contributed by atoms with E-state index >= 15 is 0 Å². The molecule has 0 saturated carbocycles. The molecule has 0 aliphatic heterocycles. The van der Waals surface area contributed by atoms with E-state index in [4.69, 9.17) is 0 Å². The van der Waals surface area contributed by atoms with Crippen LogP contribution in [0.1, 0.15) is 37.0 Å². The zero-order valence-electron chi connectivity index (χ0n) is 15.8. The Hall–Kier alpha value is -2.13. The van der Waals surface area contributed by atoms with Crippen molar-refractivity contribution in [2.75, 3.05) is 0 Å². The highest BCUT2D eigenvalue weighted by molar-refractivity contribution is 14.1. The van der Waals surface area contributed by atoms with Crippen molar-refractivity contribution in [3.8, 4) is 11.1 Å².